The van der Waals surface area contributed by atoms with Gasteiger partial charge >= 0.3 is 0 Å². The van der Waals surface area contributed by atoms with E-state index in [4.69, 9.17) is 4.79 Å². The number of rotatable bonds is 6. The molecule has 6 aromatic carbocycles. The minimum atomic E-state index is -0.446. The Hall–Kier alpha value is -3.24. The van der Waals surface area contributed by atoms with Crippen LogP contribution in [0.25, 0.3) is 0 Å². The van der Waals surface area contributed by atoms with Gasteiger partial charge in [-0.05, 0) is 47.7 Å². The molecule has 6 rings (SSSR count). The quantitative estimate of drug-likeness (QED) is 0.134. The van der Waals surface area contributed by atoms with E-state index in [0.29, 0.717) is 0 Å². The molecule has 1 nitrogen and oxygen atoms in total. The van der Waals surface area contributed by atoms with Crippen LogP contribution in [0.5, 0.6) is 0 Å². The van der Waals surface area contributed by atoms with Crippen molar-refractivity contribution < 1.29 is 24.3 Å². The van der Waals surface area contributed by atoms with E-state index in [1.807, 2.05) is 6.79 Å². The number of hydrogen-bond donors (Lipinski definition) is 0. The van der Waals surface area contributed by atoms with Crippen LogP contribution in [0.1, 0.15) is 0 Å². The van der Waals surface area contributed by atoms with Crippen molar-refractivity contribution in [2.45, 2.75) is 0 Å². The summed E-state index contributed by atoms with van der Waals surface area (Å²) >= 11 is 0. The molecule has 42 heavy (non-hydrogen) atoms. The fourth-order valence-electron chi connectivity index (χ4n) is 4.36. The van der Waals surface area contributed by atoms with Crippen LogP contribution in [-0.2, 0) is 24.3 Å². The first kappa shape index (κ1) is 35.0. The zero-order chi connectivity index (χ0) is 27.8. The van der Waals surface area contributed by atoms with Gasteiger partial charge in [-0.15, -0.1) is 12.4 Å². The first-order valence-electron chi connectivity index (χ1n) is 13.1. The zero-order valence-corrected chi connectivity index (χ0v) is 27.4. The normalized spacial score (nSPS) is 9.67. The second-order valence-electron chi connectivity index (χ2n) is 8.68. The smallest absolute Gasteiger partial charge is 0.106 e. The topological polar surface area (TPSA) is 17.1 Å². The summed E-state index contributed by atoms with van der Waals surface area (Å²) in [5.74, 6) is 0. The molecule has 5 heteroatoms. The van der Waals surface area contributed by atoms with Crippen LogP contribution in [0.4, 0.5) is 0 Å². The Labute approximate surface area is 271 Å². The minimum Gasteiger partial charge on any atom is -0.307 e. The molecule has 0 saturated heterocycles. The summed E-state index contributed by atoms with van der Waals surface area (Å²) in [5, 5.41) is 8.39. The van der Waals surface area contributed by atoms with Crippen molar-refractivity contribution in [2.75, 3.05) is 0 Å². The molecule has 0 heterocycles. The SMILES string of the molecule is C=O.Cl.[Ru].c1ccc(P(c2ccccc2)c2ccccc2)cc1.c1ccc(P(c2ccccc2)c2ccccc2)cc1. The van der Waals surface area contributed by atoms with Crippen LogP contribution < -0.4 is 31.8 Å². The van der Waals surface area contributed by atoms with E-state index < -0.39 is 15.8 Å². The van der Waals surface area contributed by atoms with Crippen molar-refractivity contribution >= 4 is 66.9 Å². The van der Waals surface area contributed by atoms with Gasteiger partial charge in [0.25, 0.3) is 0 Å². The molecule has 212 valence electrons. The van der Waals surface area contributed by atoms with E-state index in [-0.39, 0.29) is 31.9 Å². The Morgan fingerprint density at radius 3 is 0.524 bits per heavy atom. The molecule has 0 radical (unpaired) electrons. The average molecular weight is 692 g/mol. The summed E-state index contributed by atoms with van der Waals surface area (Å²) in [6.07, 6.45) is 0. The van der Waals surface area contributed by atoms with Gasteiger partial charge < -0.3 is 4.79 Å². The van der Waals surface area contributed by atoms with E-state index in [2.05, 4.69) is 182 Å². The molecule has 0 spiro atoms. The second-order valence-corrected chi connectivity index (χ2v) is 13.1. The fourth-order valence-corrected chi connectivity index (χ4v) is 8.97. The zero-order valence-electron chi connectivity index (χ0n) is 23.1. The van der Waals surface area contributed by atoms with Crippen LogP contribution in [-0.4, -0.2) is 6.79 Å². The second kappa shape index (κ2) is 19.8. The Morgan fingerprint density at radius 1 is 0.286 bits per heavy atom. The van der Waals surface area contributed by atoms with Crippen LogP contribution in [0.3, 0.4) is 0 Å². The molecular weight excluding hydrogens is 659 g/mol. The summed E-state index contributed by atoms with van der Waals surface area (Å²) < 4.78 is 0. The summed E-state index contributed by atoms with van der Waals surface area (Å²) in [4.78, 5) is 8.00. The van der Waals surface area contributed by atoms with Crippen molar-refractivity contribution in [3.8, 4) is 0 Å². The van der Waals surface area contributed by atoms with Crippen LogP contribution in [0.15, 0.2) is 182 Å². The summed E-state index contributed by atoms with van der Waals surface area (Å²) in [7, 11) is -0.892. The number of benzene rings is 6. The third kappa shape index (κ3) is 9.94. The van der Waals surface area contributed by atoms with Gasteiger partial charge in [-0.3, -0.25) is 0 Å². The Bertz CT molecular complexity index is 1200. The van der Waals surface area contributed by atoms with E-state index in [1.54, 1.807) is 0 Å². The van der Waals surface area contributed by atoms with E-state index >= 15 is 0 Å². The van der Waals surface area contributed by atoms with Gasteiger partial charge in [0.05, 0.1) is 0 Å². The Kier molecular flexibility index (Phi) is 16.5. The maximum absolute atomic E-state index is 8.00. The molecule has 0 amide bonds. The summed E-state index contributed by atoms with van der Waals surface area (Å²) in [5.41, 5.74) is 0. The third-order valence-electron chi connectivity index (χ3n) is 6.09. The molecule has 0 fully saturated rings. The molecule has 0 bridgehead atoms. The molecule has 0 aliphatic heterocycles. The van der Waals surface area contributed by atoms with Crippen molar-refractivity contribution in [1.29, 1.82) is 0 Å². The molecule has 0 N–H and O–H groups in total. The fraction of sp³-hybridized carbons (Fsp3) is 0. The molecular formula is C37H33ClOP2Ru. The van der Waals surface area contributed by atoms with Crippen molar-refractivity contribution in [3.63, 3.8) is 0 Å². The van der Waals surface area contributed by atoms with E-state index in [0.717, 1.165) is 0 Å². The molecule has 0 aromatic heterocycles. The van der Waals surface area contributed by atoms with Crippen molar-refractivity contribution in [3.05, 3.63) is 182 Å². The van der Waals surface area contributed by atoms with Gasteiger partial charge in [0.1, 0.15) is 6.79 Å². The van der Waals surface area contributed by atoms with Crippen LogP contribution in [0, 0.1) is 0 Å². The Balaban J connectivity index is 0.000000265. The first-order valence-corrected chi connectivity index (χ1v) is 15.8. The molecule has 0 atom stereocenters. The standard InChI is InChI=1S/2C18H15P.CH2O.ClH.Ru/c2*1-4-10-16(11-5-1)19(17-12-6-2-7-13-17)18-14-8-3-9-15-18;1-2;;/h2*1-15H;1H2;1H;. The predicted molar refractivity (Wildman–Crippen MR) is 185 cm³/mol. The monoisotopic (exact) mass is 692 g/mol. The van der Waals surface area contributed by atoms with E-state index in [9.17, 15) is 0 Å². The number of hydrogen-bond acceptors (Lipinski definition) is 1. The molecule has 6 aromatic rings. The minimum absolute atomic E-state index is 0. The molecule has 0 saturated carbocycles. The Morgan fingerprint density at radius 2 is 0.405 bits per heavy atom. The maximum Gasteiger partial charge on any atom is 0.106 e. The van der Waals surface area contributed by atoms with Crippen molar-refractivity contribution in [1.82, 2.24) is 0 Å². The molecule has 0 aliphatic carbocycles. The first-order chi connectivity index (χ1) is 19.9. The van der Waals surface area contributed by atoms with Gasteiger partial charge in [0.2, 0.25) is 0 Å². The maximum atomic E-state index is 8.00. The number of carbonyl (C=O) groups is 1. The molecule has 0 unspecified atom stereocenters. The molecule has 0 aliphatic rings. The van der Waals surface area contributed by atoms with Gasteiger partial charge in [-0.2, -0.15) is 0 Å². The number of carbonyl (C=O) groups excluding carboxylic acids is 1. The van der Waals surface area contributed by atoms with Crippen molar-refractivity contribution in [2.24, 2.45) is 0 Å². The van der Waals surface area contributed by atoms with E-state index in [1.165, 1.54) is 31.8 Å². The van der Waals surface area contributed by atoms with Crippen LogP contribution in [0.2, 0.25) is 0 Å². The van der Waals surface area contributed by atoms with Gasteiger partial charge in [-0.25, -0.2) is 0 Å². The largest absolute Gasteiger partial charge is 0.307 e. The summed E-state index contributed by atoms with van der Waals surface area (Å²) in [6, 6.07) is 64.7. The third-order valence-corrected chi connectivity index (χ3v) is 11.0. The predicted octanol–water partition coefficient (Wildman–Crippen LogP) is 7.12. The van der Waals surface area contributed by atoms with Crippen LogP contribution >= 0.6 is 28.3 Å². The average Bonchev–Trinajstić information content (AvgIpc) is 3.06. The van der Waals surface area contributed by atoms with Gasteiger partial charge in [0.15, 0.2) is 0 Å². The summed E-state index contributed by atoms with van der Waals surface area (Å²) in [6.45, 7) is 2.00. The number of halogens is 1. The van der Waals surface area contributed by atoms with Gasteiger partial charge in [-0.1, -0.05) is 182 Å². The van der Waals surface area contributed by atoms with Gasteiger partial charge in [0, 0.05) is 19.5 Å².